The lowest BCUT2D eigenvalue weighted by Crippen LogP contribution is -2.46. The van der Waals surface area contributed by atoms with Gasteiger partial charge in [0.1, 0.15) is 12.0 Å². The van der Waals surface area contributed by atoms with Crippen LogP contribution in [0.1, 0.15) is 53.7 Å². The fourth-order valence-corrected chi connectivity index (χ4v) is 6.92. The molecule has 4 rings (SSSR count). The summed E-state index contributed by atoms with van der Waals surface area (Å²) in [6, 6.07) is 3.35. The van der Waals surface area contributed by atoms with Crippen molar-refractivity contribution in [2.24, 2.45) is 0 Å². The number of benzene rings is 1. The molecule has 1 aliphatic carbocycles. The van der Waals surface area contributed by atoms with Gasteiger partial charge in [-0.15, -0.1) is 0 Å². The van der Waals surface area contributed by atoms with Crippen LogP contribution in [-0.4, -0.2) is 92.4 Å². The van der Waals surface area contributed by atoms with Gasteiger partial charge in [-0.25, -0.2) is 13.4 Å². The van der Waals surface area contributed by atoms with Crippen molar-refractivity contribution in [3.8, 4) is 5.75 Å². The highest BCUT2D eigenvalue weighted by molar-refractivity contribution is 7.89. The van der Waals surface area contributed by atoms with E-state index in [0.717, 1.165) is 58.5 Å². The molecule has 1 aliphatic heterocycles. The van der Waals surface area contributed by atoms with Crippen molar-refractivity contribution in [1.82, 2.24) is 24.4 Å². The Bertz CT molecular complexity index is 1160. The Morgan fingerprint density at radius 2 is 1.81 bits per heavy atom. The van der Waals surface area contributed by atoms with Crippen LogP contribution in [0.3, 0.4) is 0 Å². The van der Waals surface area contributed by atoms with Crippen molar-refractivity contribution in [1.29, 1.82) is 0 Å². The average molecular weight is 534 g/mol. The van der Waals surface area contributed by atoms with Gasteiger partial charge in [-0.1, -0.05) is 6.92 Å². The first-order valence-corrected chi connectivity index (χ1v) is 14.5. The number of carbonyl (C=O) groups excluding carboxylic acids is 1. The van der Waals surface area contributed by atoms with Crippen LogP contribution < -0.4 is 10.1 Å². The second-order valence-corrected chi connectivity index (χ2v) is 11.7. The van der Waals surface area contributed by atoms with Gasteiger partial charge in [-0.05, 0) is 69.5 Å². The molecule has 0 spiro atoms. The van der Waals surface area contributed by atoms with Crippen LogP contribution in [0.4, 0.5) is 0 Å². The summed E-state index contributed by atoms with van der Waals surface area (Å²) in [7, 11) is -2.24. The average Bonchev–Trinajstić information content (AvgIpc) is 3.60. The van der Waals surface area contributed by atoms with Crippen LogP contribution in [0.2, 0.25) is 0 Å². The van der Waals surface area contributed by atoms with E-state index in [1.807, 2.05) is 0 Å². The number of piperazine rings is 1. The predicted octanol–water partition coefficient (Wildman–Crippen LogP) is 2.41. The van der Waals surface area contributed by atoms with Gasteiger partial charge in [-0.2, -0.15) is 4.31 Å². The van der Waals surface area contributed by atoms with E-state index in [2.05, 4.69) is 27.0 Å². The maximum atomic E-state index is 13.7. The molecule has 2 heterocycles. The molecule has 1 aromatic carbocycles. The molecule has 2 aliphatic rings. The van der Waals surface area contributed by atoms with Gasteiger partial charge in [0, 0.05) is 38.8 Å². The Morgan fingerprint density at radius 3 is 2.41 bits per heavy atom. The summed E-state index contributed by atoms with van der Waals surface area (Å²) in [4.78, 5) is 22.0. The molecule has 1 aromatic heterocycles. The fraction of sp³-hybridized carbons (Fsp3) is 0.615. The van der Waals surface area contributed by atoms with Gasteiger partial charge >= 0.3 is 0 Å². The van der Waals surface area contributed by atoms with Crippen molar-refractivity contribution in [3.63, 3.8) is 0 Å². The summed E-state index contributed by atoms with van der Waals surface area (Å²) in [5, 5.41) is 2.90. The number of methoxy groups -OCH3 is 1. The number of likely N-dealkylation sites (N-methyl/N-ethyl adjacent to an activating group) is 1. The molecule has 204 valence electrons. The molecule has 0 radical (unpaired) electrons. The molecular formula is C26H39N5O5S. The highest BCUT2D eigenvalue weighted by Crippen LogP contribution is 2.36. The van der Waals surface area contributed by atoms with E-state index in [-0.39, 0.29) is 35.0 Å². The Labute approximate surface area is 220 Å². The highest BCUT2D eigenvalue weighted by atomic mass is 32.2. The van der Waals surface area contributed by atoms with E-state index in [9.17, 15) is 13.2 Å². The second-order valence-electron chi connectivity index (χ2n) is 9.88. The summed E-state index contributed by atoms with van der Waals surface area (Å²) in [5.74, 6) is 0.515. The number of nitrogens with zero attached hydrogens (tertiary/aromatic N) is 4. The van der Waals surface area contributed by atoms with E-state index in [1.165, 1.54) is 10.6 Å². The number of nitrogens with one attached hydrogen (secondary N) is 1. The van der Waals surface area contributed by atoms with E-state index in [4.69, 9.17) is 9.15 Å². The molecule has 1 N–H and O–H groups in total. The summed E-state index contributed by atoms with van der Waals surface area (Å²) in [6.07, 6.45) is 3.73. The van der Waals surface area contributed by atoms with Crippen LogP contribution in [0.15, 0.2) is 27.7 Å². The highest BCUT2D eigenvalue weighted by Gasteiger charge is 2.40. The summed E-state index contributed by atoms with van der Waals surface area (Å²) < 4.78 is 39.6. The minimum atomic E-state index is -3.80. The third-order valence-corrected chi connectivity index (χ3v) is 9.32. The fourth-order valence-electron chi connectivity index (χ4n) is 4.87. The topological polar surface area (TPSA) is 108 Å². The number of carbonyl (C=O) groups is 1. The van der Waals surface area contributed by atoms with E-state index in [1.54, 1.807) is 33.1 Å². The second kappa shape index (κ2) is 11.9. The van der Waals surface area contributed by atoms with Crippen LogP contribution >= 0.6 is 0 Å². The molecule has 1 saturated heterocycles. The molecule has 2 fully saturated rings. The summed E-state index contributed by atoms with van der Waals surface area (Å²) >= 11 is 0. The molecule has 11 heteroatoms. The Hall–Kier alpha value is -2.47. The number of hydrogen-bond donors (Lipinski definition) is 1. The molecular weight excluding hydrogens is 494 g/mol. The van der Waals surface area contributed by atoms with Crippen molar-refractivity contribution < 1.29 is 22.4 Å². The molecule has 0 atom stereocenters. The van der Waals surface area contributed by atoms with Gasteiger partial charge in [0.05, 0.1) is 18.6 Å². The SMILES string of the molecule is CCN1CCN(CCCNC(=O)c2coc(CN(C3CC3)S(=O)(=O)c3c(C)cc(OC)cc3C)n2)CC1. The van der Waals surface area contributed by atoms with Crippen molar-refractivity contribution in [3.05, 3.63) is 41.1 Å². The van der Waals surface area contributed by atoms with Crippen LogP contribution in [0.25, 0.3) is 0 Å². The summed E-state index contributed by atoms with van der Waals surface area (Å²) in [6.45, 7) is 12.6. The van der Waals surface area contributed by atoms with E-state index < -0.39 is 10.0 Å². The van der Waals surface area contributed by atoms with Gasteiger partial charge in [0.2, 0.25) is 15.9 Å². The number of rotatable bonds is 12. The lowest BCUT2D eigenvalue weighted by Gasteiger charge is -2.33. The quantitative estimate of drug-likeness (QED) is 0.415. The zero-order valence-corrected chi connectivity index (χ0v) is 23.1. The summed E-state index contributed by atoms with van der Waals surface area (Å²) in [5.41, 5.74) is 1.42. The normalized spacial score (nSPS) is 17.3. The molecule has 37 heavy (non-hydrogen) atoms. The van der Waals surface area contributed by atoms with Gasteiger partial charge < -0.3 is 24.3 Å². The van der Waals surface area contributed by atoms with Gasteiger partial charge in [0.25, 0.3) is 5.91 Å². The molecule has 10 nitrogen and oxygen atoms in total. The lowest BCUT2D eigenvalue weighted by atomic mass is 10.1. The number of aryl methyl sites for hydroxylation is 2. The third-order valence-electron chi connectivity index (χ3n) is 7.11. The maximum absolute atomic E-state index is 13.7. The lowest BCUT2D eigenvalue weighted by molar-refractivity contribution is 0.0943. The number of oxazole rings is 1. The molecule has 1 saturated carbocycles. The van der Waals surface area contributed by atoms with E-state index in [0.29, 0.717) is 23.4 Å². The van der Waals surface area contributed by atoms with Gasteiger partial charge in [-0.3, -0.25) is 4.79 Å². The molecule has 0 unspecified atom stereocenters. The van der Waals surface area contributed by atoms with Crippen molar-refractivity contribution in [2.45, 2.75) is 57.5 Å². The first-order valence-electron chi connectivity index (χ1n) is 13.1. The molecule has 2 aromatic rings. The Morgan fingerprint density at radius 1 is 1.16 bits per heavy atom. The van der Waals surface area contributed by atoms with Crippen molar-refractivity contribution in [2.75, 3.05) is 52.9 Å². The standard InChI is InChI=1S/C26H39N5O5S/c1-5-29-11-13-30(14-12-29)10-6-9-27-26(32)23-18-36-24(28-23)17-31(21-7-8-21)37(33,34)25-19(2)15-22(35-4)16-20(25)3/h15-16,18,21H,5-14,17H2,1-4H3,(H,27,32). The molecule has 1 amide bonds. The number of amides is 1. The van der Waals surface area contributed by atoms with Crippen LogP contribution in [0.5, 0.6) is 5.75 Å². The van der Waals surface area contributed by atoms with Crippen molar-refractivity contribution >= 4 is 15.9 Å². The largest absolute Gasteiger partial charge is 0.497 e. The first kappa shape index (κ1) is 27.6. The first-order chi connectivity index (χ1) is 17.7. The maximum Gasteiger partial charge on any atom is 0.273 e. The van der Waals surface area contributed by atoms with E-state index >= 15 is 0 Å². The van der Waals surface area contributed by atoms with Crippen LogP contribution in [0, 0.1) is 13.8 Å². The number of sulfonamides is 1. The predicted molar refractivity (Wildman–Crippen MR) is 140 cm³/mol. The van der Waals surface area contributed by atoms with Gasteiger partial charge in [0.15, 0.2) is 5.69 Å². The zero-order chi connectivity index (χ0) is 26.6. The van der Waals surface area contributed by atoms with Crippen LogP contribution in [-0.2, 0) is 16.6 Å². The third kappa shape index (κ3) is 6.70. The molecule has 0 bridgehead atoms. The minimum Gasteiger partial charge on any atom is -0.497 e. The Balaban J connectivity index is 1.34. The Kier molecular flexibility index (Phi) is 8.89. The zero-order valence-electron chi connectivity index (χ0n) is 22.3. The number of ether oxygens (including phenoxy) is 1. The minimum absolute atomic E-state index is 0.0189. The monoisotopic (exact) mass is 533 g/mol. The number of hydrogen-bond acceptors (Lipinski definition) is 8. The smallest absolute Gasteiger partial charge is 0.273 e. The number of aromatic nitrogens is 1.